The van der Waals surface area contributed by atoms with Gasteiger partial charge in [-0.05, 0) is 20.8 Å². The normalized spacial score (nSPS) is 14.5. The maximum Gasteiger partial charge on any atom is 0.242 e. The lowest BCUT2D eigenvalue weighted by molar-refractivity contribution is -0.128. The Morgan fingerprint density at radius 1 is 1.31 bits per heavy atom. The Morgan fingerprint density at radius 2 is 1.85 bits per heavy atom. The number of carbonyl (C=O) groups excluding carboxylic acids is 2. The number of rotatable bonds is 4. The standard InChI is InChI=1S/C8H17N3O2/c1-4-10-8(13)6(3)11-7(12)5(2)9/h5-6H,4,9H2,1-3H3,(H,10,13)(H,11,12). The van der Waals surface area contributed by atoms with E-state index >= 15 is 0 Å². The van der Waals surface area contributed by atoms with E-state index in [1.165, 1.54) is 0 Å². The molecule has 0 bridgehead atoms. The highest BCUT2D eigenvalue weighted by Crippen LogP contribution is 1.84. The van der Waals surface area contributed by atoms with Gasteiger partial charge in [0.25, 0.3) is 0 Å². The van der Waals surface area contributed by atoms with Crippen molar-refractivity contribution < 1.29 is 9.59 Å². The zero-order chi connectivity index (χ0) is 10.4. The molecule has 0 aliphatic heterocycles. The number of amides is 2. The van der Waals surface area contributed by atoms with E-state index in [9.17, 15) is 9.59 Å². The summed E-state index contributed by atoms with van der Waals surface area (Å²) in [6.45, 7) is 5.56. The van der Waals surface area contributed by atoms with Gasteiger partial charge in [-0.3, -0.25) is 9.59 Å². The van der Waals surface area contributed by atoms with Crippen molar-refractivity contribution in [3.63, 3.8) is 0 Å². The van der Waals surface area contributed by atoms with Crippen LogP contribution in [0, 0.1) is 0 Å². The lowest BCUT2D eigenvalue weighted by Gasteiger charge is -2.14. The average molecular weight is 187 g/mol. The van der Waals surface area contributed by atoms with Gasteiger partial charge < -0.3 is 16.4 Å². The van der Waals surface area contributed by atoms with Crippen molar-refractivity contribution in [1.29, 1.82) is 0 Å². The molecule has 0 saturated heterocycles. The van der Waals surface area contributed by atoms with Crippen LogP contribution in [-0.2, 0) is 9.59 Å². The van der Waals surface area contributed by atoms with Gasteiger partial charge in [-0.1, -0.05) is 0 Å². The summed E-state index contributed by atoms with van der Waals surface area (Å²) in [5.41, 5.74) is 5.31. The van der Waals surface area contributed by atoms with Gasteiger partial charge in [0.1, 0.15) is 6.04 Å². The van der Waals surface area contributed by atoms with E-state index in [1.54, 1.807) is 13.8 Å². The summed E-state index contributed by atoms with van der Waals surface area (Å²) in [6.07, 6.45) is 0. The minimum atomic E-state index is -0.586. The molecule has 0 aromatic rings. The summed E-state index contributed by atoms with van der Waals surface area (Å²) >= 11 is 0. The van der Waals surface area contributed by atoms with Crippen molar-refractivity contribution in [2.24, 2.45) is 5.73 Å². The zero-order valence-corrected chi connectivity index (χ0v) is 8.26. The van der Waals surface area contributed by atoms with Crippen LogP contribution in [0.1, 0.15) is 20.8 Å². The Hall–Kier alpha value is -1.10. The van der Waals surface area contributed by atoms with Crippen LogP contribution in [0.4, 0.5) is 0 Å². The molecule has 0 aliphatic rings. The maximum atomic E-state index is 11.1. The number of hydrogen-bond donors (Lipinski definition) is 3. The molecule has 13 heavy (non-hydrogen) atoms. The number of carbonyl (C=O) groups is 2. The first-order valence-electron chi connectivity index (χ1n) is 4.32. The molecule has 5 heteroatoms. The fourth-order valence-electron chi connectivity index (χ4n) is 0.738. The minimum Gasteiger partial charge on any atom is -0.355 e. The van der Waals surface area contributed by atoms with Crippen molar-refractivity contribution in [2.45, 2.75) is 32.9 Å². The summed E-state index contributed by atoms with van der Waals surface area (Å²) in [4.78, 5) is 22.2. The van der Waals surface area contributed by atoms with Gasteiger partial charge in [0.2, 0.25) is 11.8 Å². The van der Waals surface area contributed by atoms with Crippen LogP contribution in [0.15, 0.2) is 0 Å². The predicted molar refractivity (Wildman–Crippen MR) is 49.9 cm³/mol. The van der Waals surface area contributed by atoms with E-state index in [0.29, 0.717) is 6.54 Å². The van der Waals surface area contributed by atoms with E-state index in [2.05, 4.69) is 10.6 Å². The highest BCUT2D eigenvalue weighted by molar-refractivity contribution is 5.89. The van der Waals surface area contributed by atoms with Gasteiger partial charge in [0.05, 0.1) is 6.04 Å². The lowest BCUT2D eigenvalue weighted by atomic mass is 10.2. The molecule has 0 saturated carbocycles. The summed E-state index contributed by atoms with van der Waals surface area (Å²) in [5.74, 6) is -0.518. The quantitative estimate of drug-likeness (QED) is 0.526. The fourth-order valence-corrected chi connectivity index (χ4v) is 0.738. The van der Waals surface area contributed by atoms with Crippen LogP contribution in [0.5, 0.6) is 0 Å². The maximum absolute atomic E-state index is 11.1. The second-order valence-electron chi connectivity index (χ2n) is 2.91. The Balaban J connectivity index is 3.92. The van der Waals surface area contributed by atoms with E-state index in [1.807, 2.05) is 6.92 Å². The van der Waals surface area contributed by atoms with Crippen LogP contribution in [0.3, 0.4) is 0 Å². The van der Waals surface area contributed by atoms with Crippen LogP contribution in [0.2, 0.25) is 0 Å². The van der Waals surface area contributed by atoms with Crippen molar-refractivity contribution >= 4 is 11.8 Å². The molecule has 4 N–H and O–H groups in total. The van der Waals surface area contributed by atoms with E-state index in [4.69, 9.17) is 5.73 Å². The minimum absolute atomic E-state index is 0.198. The summed E-state index contributed by atoms with van der Waals surface area (Å²) < 4.78 is 0. The monoisotopic (exact) mass is 187 g/mol. The molecule has 2 amide bonds. The molecule has 0 aromatic heterocycles. The van der Waals surface area contributed by atoms with Crippen LogP contribution in [0.25, 0.3) is 0 Å². The molecule has 0 heterocycles. The molecular formula is C8H17N3O2. The molecule has 0 aromatic carbocycles. The van der Waals surface area contributed by atoms with Crippen LogP contribution < -0.4 is 16.4 Å². The topological polar surface area (TPSA) is 84.2 Å². The smallest absolute Gasteiger partial charge is 0.242 e. The van der Waals surface area contributed by atoms with Crippen LogP contribution in [-0.4, -0.2) is 30.4 Å². The molecule has 5 nitrogen and oxygen atoms in total. The van der Waals surface area contributed by atoms with Gasteiger partial charge in [0.15, 0.2) is 0 Å². The Morgan fingerprint density at radius 3 is 2.23 bits per heavy atom. The number of likely N-dealkylation sites (N-methyl/N-ethyl adjacent to an activating group) is 1. The van der Waals surface area contributed by atoms with E-state index in [0.717, 1.165) is 0 Å². The lowest BCUT2D eigenvalue weighted by Crippen LogP contribution is -2.49. The summed E-state index contributed by atoms with van der Waals surface area (Å²) in [5, 5.41) is 5.08. The molecule has 0 spiro atoms. The highest BCUT2D eigenvalue weighted by Gasteiger charge is 2.16. The first-order chi connectivity index (χ1) is 5.99. The molecule has 0 fully saturated rings. The van der Waals surface area contributed by atoms with Gasteiger partial charge in [0, 0.05) is 6.54 Å². The average Bonchev–Trinajstić information content (AvgIpc) is 2.04. The molecule has 2 atom stereocenters. The molecule has 0 aliphatic carbocycles. The summed E-state index contributed by atoms with van der Waals surface area (Å²) in [6, 6.07) is -1.12. The molecule has 76 valence electrons. The zero-order valence-electron chi connectivity index (χ0n) is 8.26. The first kappa shape index (κ1) is 11.9. The fraction of sp³-hybridized carbons (Fsp3) is 0.750. The molecule has 2 unspecified atom stereocenters. The van der Waals surface area contributed by atoms with Crippen molar-refractivity contribution in [2.75, 3.05) is 6.54 Å². The van der Waals surface area contributed by atoms with Crippen LogP contribution >= 0.6 is 0 Å². The predicted octanol–water partition coefficient (Wildman–Crippen LogP) is -1.03. The summed E-state index contributed by atoms with van der Waals surface area (Å²) in [7, 11) is 0. The van der Waals surface area contributed by atoms with Gasteiger partial charge in [-0.2, -0.15) is 0 Å². The van der Waals surface area contributed by atoms with Crippen molar-refractivity contribution in [1.82, 2.24) is 10.6 Å². The van der Waals surface area contributed by atoms with Gasteiger partial charge in [-0.15, -0.1) is 0 Å². The van der Waals surface area contributed by atoms with Gasteiger partial charge >= 0.3 is 0 Å². The highest BCUT2D eigenvalue weighted by atomic mass is 16.2. The third-order valence-electron chi connectivity index (χ3n) is 1.52. The molecule has 0 radical (unpaired) electrons. The second kappa shape index (κ2) is 5.53. The first-order valence-corrected chi connectivity index (χ1v) is 4.32. The third-order valence-corrected chi connectivity index (χ3v) is 1.52. The second-order valence-corrected chi connectivity index (χ2v) is 2.91. The van der Waals surface area contributed by atoms with E-state index in [-0.39, 0.29) is 11.8 Å². The van der Waals surface area contributed by atoms with Gasteiger partial charge in [-0.25, -0.2) is 0 Å². The van der Waals surface area contributed by atoms with E-state index < -0.39 is 12.1 Å². The third kappa shape index (κ3) is 4.47. The molecule has 0 rings (SSSR count). The Labute approximate surface area is 78.1 Å². The Bertz CT molecular complexity index is 192. The largest absolute Gasteiger partial charge is 0.355 e. The Kier molecular flexibility index (Phi) is 5.06. The molecular weight excluding hydrogens is 170 g/mol. The number of nitrogens with two attached hydrogens (primary N) is 1. The van der Waals surface area contributed by atoms with Crippen molar-refractivity contribution in [3.05, 3.63) is 0 Å². The number of nitrogens with one attached hydrogen (secondary N) is 2. The number of hydrogen-bond acceptors (Lipinski definition) is 3. The van der Waals surface area contributed by atoms with Crippen molar-refractivity contribution in [3.8, 4) is 0 Å². The SMILES string of the molecule is CCNC(=O)C(C)NC(=O)C(C)N.